The minimum absolute atomic E-state index is 0.393. The first kappa shape index (κ1) is 90.7. The Kier molecular flexibility index (Phi) is 33.9. The number of hydrogen-bond donors (Lipinski definition) is 4. The Morgan fingerprint density at radius 2 is 0.700 bits per heavy atom. The van der Waals surface area contributed by atoms with E-state index in [2.05, 4.69) is 138 Å². The molecule has 3 saturated heterocycles. The lowest BCUT2D eigenvalue weighted by Crippen LogP contribution is -2.44. The van der Waals surface area contributed by atoms with Gasteiger partial charge >= 0.3 is 0 Å². The van der Waals surface area contributed by atoms with Crippen LogP contribution >= 0.6 is 0 Å². The quantitative estimate of drug-likeness (QED) is 0.0731. The Bertz CT molecular complexity index is 5690. The predicted octanol–water partition coefficient (Wildman–Crippen LogP) is 18.2. The summed E-state index contributed by atoms with van der Waals surface area (Å²) in [5, 5.41) is 13.3. The van der Waals surface area contributed by atoms with Crippen LogP contribution < -0.4 is 35.6 Å². The number of ether oxygens (including phenoxy) is 10. The molecule has 0 unspecified atom stereocenters. The molecule has 130 heavy (non-hydrogen) atoms. The average molecular weight is 1760 g/mol. The summed E-state index contributed by atoms with van der Waals surface area (Å²) in [5.41, 5.74) is 16.5. The summed E-state index contributed by atoms with van der Waals surface area (Å²) in [6.07, 6.45) is 29.1. The first-order chi connectivity index (χ1) is 64.3. The van der Waals surface area contributed by atoms with Crippen molar-refractivity contribution < 1.29 is 56.2 Å². The summed E-state index contributed by atoms with van der Waals surface area (Å²) in [4.78, 5) is 46.0. The van der Waals surface area contributed by atoms with Gasteiger partial charge in [-0.25, -0.2) is 39.9 Å². The lowest BCUT2D eigenvalue weighted by molar-refractivity contribution is 0.128. The molecule has 674 valence electrons. The van der Waals surface area contributed by atoms with Crippen molar-refractivity contribution in [3.8, 4) is 56.9 Å². The van der Waals surface area contributed by atoms with Crippen molar-refractivity contribution >= 4 is 52.2 Å². The molecule has 0 amide bonds. The van der Waals surface area contributed by atoms with Crippen LogP contribution in [-0.2, 0) is 90.7 Å². The zero-order chi connectivity index (χ0) is 88.2. The molecular formula is C102H114N16O12. The molecule has 6 aromatic carbocycles. The summed E-state index contributed by atoms with van der Waals surface area (Å²) in [6.45, 7) is 20.3. The molecule has 12 aromatic rings. The van der Waals surface area contributed by atoms with Gasteiger partial charge in [0, 0.05) is 120 Å². The van der Waals surface area contributed by atoms with Crippen LogP contribution in [0, 0.1) is 0 Å². The molecule has 28 heteroatoms. The van der Waals surface area contributed by atoms with E-state index in [-0.39, 0.29) is 0 Å². The molecule has 0 radical (unpaired) electrons. The second kappa shape index (κ2) is 48.6. The van der Waals surface area contributed by atoms with Gasteiger partial charge in [0.15, 0.2) is 11.5 Å². The molecule has 19 rings (SSSR count). The number of benzene rings is 6. The largest absolute Gasteiger partial charge is 0.493 e. The third kappa shape index (κ3) is 28.2. The number of likely N-dealkylation sites (N-methyl/N-ethyl adjacent to an activating group) is 1. The number of furan rings is 2. The lowest BCUT2D eigenvalue weighted by atomic mass is 10.1. The maximum Gasteiger partial charge on any atom is 0.227 e. The maximum absolute atomic E-state index is 6.18. The van der Waals surface area contributed by atoms with Crippen molar-refractivity contribution in [2.45, 2.75) is 85.0 Å². The Morgan fingerprint density at radius 3 is 1.17 bits per heavy atom. The minimum atomic E-state index is 0.393. The monoisotopic (exact) mass is 1750 g/mol. The van der Waals surface area contributed by atoms with E-state index in [4.69, 9.17) is 66.2 Å². The molecule has 0 spiro atoms. The normalized spacial score (nSPS) is 17.6. The number of likely N-dealkylation sites (tertiary alicyclic amines) is 2. The molecule has 0 aliphatic carbocycles. The van der Waals surface area contributed by atoms with Crippen LogP contribution in [-0.4, -0.2) is 193 Å². The summed E-state index contributed by atoms with van der Waals surface area (Å²) in [7, 11) is 2.17. The fourth-order valence-electron chi connectivity index (χ4n) is 15.5. The number of hydrogen-bond acceptors (Lipinski definition) is 28. The number of aromatic nitrogens is 8. The van der Waals surface area contributed by atoms with E-state index in [1.54, 1.807) is 24.8 Å². The van der Waals surface area contributed by atoms with Gasteiger partial charge < -0.3 is 92.2 Å². The van der Waals surface area contributed by atoms with Crippen LogP contribution in [0.3, 0.4) is 0 Å². The molecular weight excluding hydrogens is 1640 g/mol. The summed E-state index contributed by atoms with van der Waals surface area (Å²) in [6, 6.07) is 58.1. The highest BCUT2D eigenvalue weighted by Gasteiger charge is 2.22. The molecule has 0 saturated carbocycles. The van der Waals surface area contributed by atoms with E-state index >= 15 is 0 Å². The fraction of sp³-hybridized carbons (Fsp3) is 0.333. The zero-order valence-corrected chi connectivity index (χ0v) is 73.8. The van der Waals surface area contributed by atoms with Crippen LogP contribution in [0.5, 0.6) is 11.5 Å². The Morgan fingerprint density at radius 1 is 0.323 bits per heavy atom. The summed E-state index contributed by atoms with van der Waals surface area (Å²) < 4.78 is 70.4. The highest BCUT2D eigenvalue weighted by molar-refractivity contribution is 5.68. The van der Waals surface area contributed by atoms with Crippen LogP contribution in [0.15, 0.2) is 258 Å². The van der Waals surface area contributed by atoms with Crippen molar-refractivity contribution in [2.75, 3.05) is 165 Å². The van der Waals surface area contributed by atoms with E-state index in [0.29, 0.717) is 166 Å². The number of piperazine rings is 1. The van der Waals surface area contributed by atoms with E-state index in [1.807, 2.05) is 164 Å². The predicted molar refractivity (Wildman–Crippen MR) is 504 cm³/mol. The number of rotatable bonds is 10. The summed E-state index contributed by atoms with van der Waals surface area (Å²) >= 11 is 0. The third-order valence-corrected chi connectivity index (χ3v) is 22.3. The summed E-state index contributed by atoms with van der Waals surface area (Å²) in [5.74, 6) is 6.69. The molecule has 6 aromatic heterocycles. The van der Waals surface area contributed by atoms with Crippen molar-refractivity contribution in [1.29, 1.82) is 0 Å². The first-order valence-electron chi connectivity index (χ1n) is 44.9. The third-order valence-electron chi connectivity index (χ3n) is 22.3. The zero-order valence-electron chi connectivity index (χ0n) is 73.8. The van der Waals surface area contributed by atoms with E-state index in [0.717, 1.165) is 160 Å². The molecule has 3 fully saturated rings. The minimum Gasteiger partial charge on any atom is -0.493 e. The number of nitrogens with zero attached hydrogens (tertiary/aromatic N) is 12. The van der Waals surface area contributed by atoms with Crippen LogP contribution in [0.25, 0.3) is 45.4 Å². The van der Waals surface area contributed by atoms with Gasteiger partial charge in [-0.15, -0.1) is 0 Å². The van der Waals surface area contributed by atoms with Gasteiger partial charge in [0.25, 0.3) is 0 Å². The second-order valence-electron chi connectivity index (χ2n) is 32.1. The lowest BCUT2D eigenvalue weighted by Gasteiger charge is -2.35. The van der Waals surface area contributed by atoms with Gasteiger partial charge in [-0.2, -0.15) is 0 Å². The van der Waals surface area contributed by atoms with Gasteiger partial charge in [0.05, 0.1) is 110 Å². The molecule has 4 N–H and O–H groups in total. The van der Waals surface area contributed by atoms with Gasteiger partial charge in [-0.1, -0.05) is 97.1 Å². The van der Waals surface area contributed by atoms with Crippen LogP contribution in [0.1, 0.15) is 77.0 Å². The SMILES string of the molecule is C1=C/COCc2cc(ccc2OCCCN2CCCC2)Nc2nccc(n2)-c2cccc(c2)COC/1.C1=C/COCc2cc(ccc2OCCN2CCCC2)Nc2nccc(n2)-c2ccc(o2)COC/1.C1=C/COCc2ccc(o2)-c2ccnc(n2)Nc2cccc(c2)COC/1.CN1CCN(c2ccc3cc2COC/C=C/COCc2cccc(c2)-c2ccnc(n2)N3)CC1. The standard InChI is InChI=1S/C29H34N4O3.C27H31N5O2.C26H30N4O4.C20H19N3O3/c1-2-14-33(13-1)15-6-18-36-28-10-9-26-20-25(28)22-35-17-4-3-16-34-21-23-7-5-8-24(19-23)27-11-12-30-29(31-26)32-27;1-31-11-13-32(14-12-31)26-8-7-24-18-23(26)20-34-16-3-2-15-33-19-21-5-4-6-22(17-21)25-9-10-28-27(29-24)30-25;1-2-12-30(11-1)13-16-33-24-7-5-21-17-20(24)18-31-14-3-4-15-32-19-22-6-8-25(34-22)23-9-10-27-26(28-21)29-23;1-2-11-25-14-17-6-7-19(26-17)18-8-9-21-20(23-18)22-16-5-3-4-15(12-16)13-24-10-1/h3-5,7-12,19-20H,1-2,6,13-18,21-22H2,(H,30,31,32);2-10,17-18H,11-16,19-20H2,1H3,(H,28,29,30);3-10,17H,1-2,11-16,18-19H2,(H,27,28,29);1-9,12H,10-11,13-14H2,(H,21,22,23)/b4-3+;3-2+;4-3+;2-1+. The van der Waals surface area contributed by atoms with Gasteiger partial charge in [0.1, 0.15) is 54.2 Å². The van der Waals surface area contributed by atoms with Crippen LogP contribution in [0.4, 0.5) is 52.2 Å². The van der Waals surface area contributed by atoms with Crippen molar-refractivity contribution in [3.63, 3.8) is 0 Å². The molecule has 13 heterocycles. The molecule has 24 bridgehead atoms. The molecule has 0 atom stereocenters. The number of anilines is 9. The highest BCUT2D eigenvalue weighted by atomic mass is 16.5. The van der Waals surface area contributed by atoms with Gasteiger partial charge in [-0.3, -0.25) is 4.90 Å². The fourth-order valence-corrected chi connectivity index (χ4v) is 15.5. The smallest absolute Gasteiger partial charge is 0.227 e. The van der Waals surface area contributed by atoms with Crippen molar-refractivity contribution in [1.82, 2.24) is 54.6 Å². The Hall–Kier alpha value is -12.7. The van der Waals surface area contributed by atoms with Crippen molar-refractivity contribution in [3.05, 3.63) is 294 Å². The van der Waals surface area contributed by atoms with E-state index in [1.165, 1.54) is 44.5 Å². The van der Waals surface area contributed by atoms with Crippen molar-refractivity contribution in [2.24, 2.45) is 0 Å². The van der Waals surface area contributed by atoms with E-state index in [9.17, 15) is 0 Å². The number of fused-ring (bicyclic) bond motifs is 28. The Balaban J connectivity index is 0.000000128. The van der Waals surface area contributed by atoms with Crippen LogP contribution in [0.2, 0.25) is 0 Å². The maximum atomic E-state index is 6.18. The molecule has 28 nitrogen and oxygen atoms in total. The average Bonchev–Trinajstić information content (AvgIpc) is 1.47. The molecule has 7 aliphatic heterocycles. The second-order valence-corrected chi connectivity index (χ2v) is 32.1. The Labute approximate surface area is 759 Å². The molecule has 7 aliphatic rings. The topological polar surface area (TPSA) is 283 Å². The first-order valence-corrected chi connectivity index (χ1v) is 44.9. The van der Waals surface area contributed by atoms with E-state index < -0.39 is 0 Å². The van der Waals surface area contributed by atoms with Gasteiger partial charge in [0.2, 0.25) is 23.8 Å². The van der Waals surface area contributed by atoms with Gasteiger partial charge in [-0.05, 0) is 209 Å². The highest BCUT2D eigenvalue weighted by Crippen LogP contribution is 2.34. The number of nitrogens with one attached hydrogen (secondary N) is 4.